The highest BCUT2D eigenvalue weighted by Crippen LogP contribution is 2.21. The van der Waals surface area contributed by atoms with Gasteiger partial charge in [0.25, 0.3) is 0 Å². The molecule has 0 aliphatic rings. The molecule has 0 heterocycles. The van der Waals surface area contributed by atoms with E-state index in [0.717, 1.165) is 12.0 Å². The summed E-state index contributed by atoms with van der Waals surface area (Å²) >= 11 is 0. The van der Waals surface area contributed by atoms with E-state index in [9.17, 15) is 4.79 Å². The molecule has 0 atom stereocenters. The molecule has 0 radical (unpaired) electrons. The Morgan fingerprint density at radius 1 is 0.826 bits per heavy atom. The fourth-order valence-electron chi connectivity index (χ4n) is 2.51. The summed E-state index contributed by atoms with van der Waals surface area (Å²) in [6.07, 6.45) is 1.12. The molecule has 0 fully saturated rings. The molecule has 0 bridgehead atoms. The summed E-state index contributed by atoms with van der Waals surface area (Å²) < 4.78 is 0. The quantitative estimate of drug-likeness (QED) is 0.814. The number of carbonyl (C=O) groups excluding carboxylic acids is 1. The van der Waals surface area contributed by atoms with Crippen molar-refractivity contribution >= 4 is 5.91 Å². The van der Waals surface area contributed by atoms with Crippen LogP contribution in [0.1, 0.15) is 38.8 Å². The van der Waals surface area contributed by atoms with Gasteiger partial charge in [0.05, 0.1) is 0 Å². The number of carbonyl (C=O) groups is 1. The van der Waals surface area contributed by atoms with Crippen LogP contribution in [0.4, 0.5) is 0 Å². The van der Waals surface area contributed by atoms with Crippen molar-refractivity contribution < 1.29 is 4.79 Å². The molecule has 0 spiro atoms. The lowest BCUT2D eigenvalue weighted by Crippen LogP contribution is -2.27. The second-order valence-corrected chi connectivity index (χ2v) is 6.86. The average Bonchev–Trinajstić information content (AvgIpc) is 2.53. The SMILES string of the molecule is CC(C)Cc1ccc(-c2ccc(CNC(=O)C(C)C)cc2)cc1. The van der Waals surface area contributed by atoms with Crippen LogP contribution in [0.25, 0.3) is 11.1 Å². The standard InChI is InChI=1S/C21H27NO/c1-15(2)13-17-5-9-19(10-6-17)20-11-7-18(8-12-20)14-22-21(23)16(3)4/h5-12,15-16H,13-14H2,1-4H3,(H,22,23). The molecular weight excluding hydrogens is 282 g/mol. The van der Waals surface area contributed by atoms with Gasteiger partial charge in [-0.25, -0.2) is 0 Å². The summed E-state index contributed by atoms with van der Waals surface area (Å²) in [5.74, 6) is 0.801. The van der Waals surface area contributed by atoms with E-state index in [1.54, 1.807) is 0 Å². The van der Waals surface area contributed by atoms with E-state index < -0.39 is 0 Å². The van der Waals surface area contributed by atoms with Crippen molar-refractivity contribution in [2.24, 2.45) is 11.8 Å². The molecule has 2 rings (SSSR count). The molecule has 2 aromatic rings. The summed E-state index contributed by atoms with van der Waals surface area (Å²) in [6.45, 7) is 8.88. The Labute approximate surface area is 139 Å². The lowest BCUT2D eigenvalue weighted by molar-refractivity contribution is -0.124. The van der Waals surface area contributed by atoms with Gasteiger partial charge in [-0.3, -0.25) is 4.79 Å². The maximum Gasteiger partial charge on any atom is 0.222 e. The molecule has 0 saturated heterocycles. The first kappa shape index (κ1) is 17.3. The Morgan fingerprint density at radius 2 is 1.30 bits per heavy atom. The number of hydrogen-bond acceptors (Lipinski definition) is 1. The Hall–Kier alpha value is -2.09. The van der Waals surface area contributed by atoms with Crippen molar-refractivity contribution in [1.29, 1.82) is 0 Å². The molecule has 2 aromatic carbocycles. The van der Waals surface area contributed by atoms with E-state index in [0.29, 0.717) is 12.5 Å². The molecule has 0 aromatic heterocycles. The van der Waals surface area contributed by atoms with Gasteiger partial charge in [-0.15, -0.1) is 0 Å². The van der Waals surface area contributed by atoms with E-state index >= 15 is 0 Å². The fourth-order valence-corrected chi connectivity index (χ4v) is 2.51. The van der Waals surface area contributed by atoms with Crippen LogP contribution in [0.15, 0.2) is 48.5 Å². The molecular formula is C21H27NO. The zero-order chi connectivity index (χ0) is 16.8. The first-order chi connectivity index (χ1) is 11.0. The third-order valence-electron chi connectivity index (χ3n) is 3.88. The molecule has 0 aliphatic heterocycles. The summed E-state index contributed by atoms with van der Waals surface area (Å²) in [5, 5.41) is 2.94. The van der Waals surface area contributed by atoms with E-state index in [-0.39, 0.29) is 11.8 Å². The van der Waals surface area contributed by atoms with Gasteiger partial charge in [-0.2, -0.15) is 0 Å². The molecule has 1 N–H and O–H groups in total. The number of hydrogen-bond donors (Lipinski definition) is 1. The Balaban J connectivity index is 2.00. The van der Waals surface area contributed by atoms with Crippen LogP contribution in [-0.2, 0) is 17.8 Å². The second-order valence-electron chi connectivity index (χ2n) is 6.86. The summed E-state index contributed by atoms with van der Waals surface area (Å²) in [4.78, 5) is 11.6. The van der Waals surface area contributed by atoms with Gasteiger partial charge in [-0.1, -0.05) is 76.2 Å². The van der Waals surface area contributed by atoms with Crippen LogP contribution in [-0.4, -0.2) is 5.91 Å². The van der Waals surface area contributed by atoms with Crippen molar-refractivity contribution in [2.75, 3.05) is 0 Å². The third kappa shape index (κ3) is 5.24. The van der Waals surface area contributed by atoms with Crippen LogP contribution < -0.4 is 5.32 Å². The summed E-state index contributed by atoms with van der Waals surface area (Å²) in [6, 6.07) is 17.2. The molecule has 2 heteroatoms. The van der Waals surface area contributed by atoms with Gasteiger partial charge < -0.3 is 5.32 Å². The second kappa shape index (κ2) is 7.96. The van der Waals surface area contributed by atoms with Gasteiger partial charge in [0, 0.05) is 12.5 Å². The van der Waals surface area contributed by atoms with E-state index in [1.807, 2.05) is 13.8 Å². The highest BCUT2D eigenvalue weighted by Gasteiger charge is 2.06. The minimum Gasteiger partial charge on any atom is -0.352 e. The smallest absolute Gasteiger partial charge is 0.222 e. The minimum atomic E-state index is 0.0265. The van der Waals surface area contributed by atoms with Crippen LogP contribution >= 0.6 is 0 Å². The Morgan fingerprint density at radius 3 is 1.74 bits per heavy atom. The number of nitrogens with one attached hydrogen (secondary N) is 1. The van der Waals surface area contributed by atoms with Gasteiger partial charge in [0.15, 0.2) is 0 Å². The molecule has 1 amide bonds. The van der Waals surface area contributed by atoms with Gasteiger partial charge in [0.1, 0.15) is 0 Å². The molecule has 0 saturated carbocycles. The van der Waals surface area contributed by atoms with Crippen molar-refractivity contribution in [1.82, 2.24) is 5.32 Å². The van der Waals surface area contributed by atoms with Crippen molar-refractivity contribution in [3.63, 3.8) is 0 Å². The van der Waals surface area contributed by atoms with Crippen LogP contribution in [0.3, 0.4) is 0 Å². The zero-order valence-electron chi connectivity index (χ0n) is 14.6. The van der Waals surface area contributed by atoms with Crippen molar-refractivity contribution in [2.45, 2.75) is 40.7 Å². The molecule has 23 heavy (non-hydrogen) atoms. The van der Waals surface area contributed by atoms with Crippen LogP contribution in [0.5, 0.6) is 0 Å². The maximum atomic E-state index is 11.6. The largest absolute Gasteiger partial charge is 0.352 e. The monoisotopic (exact) mass is 309 g/mol. The predicted octanol–water partition coefficient (Wildman–Crippen LogP) is 4.82. The van der Waals surface area contributed by atoms with Crippen LogP contribution in [0, 0.1) is 11.8 Å². The first-order valence-electron chi connectivity index (χ1n) is 8.41. The summed E-state index contributed by atoms with van der Waals surface area (Å²) in [5.41, 5.74) is 4.95. The highest BCUT2D eigenvalue weighted by molar-refractivity contribution is 5.77. The number of rotatable bonds is 6. The average molecular weight is 309 g/mol. The van der Waals surface area contributed by atoms with E-state index in [2.05, 4.69) is 67.7 Å². The van der Waals surface area contributed by atoms with Gasteiger partial charge in [0.2, 0.25) is 5.91 Å². The molecule has 0 aliphatic carbocycles. The van der Waals surface area contributed by atoms with Crippen molar-refractivity contribution in [3.05, 3.63) is 59.7 Å². The lowest BCUT2D eigenvalue weighted by atomic mass is 9.98. The zero-order valence-corrected chi connectivity index (χ0v) is 14.6. The van der Waals surface area contributed by atoms with E-state index in [1.165, 1.54) is 16.7 Å². The Bertz CT molecular complexity index is 624. The maximum absolute atomic E-state index is 11.6. The topological polar surface area (TPSA) is 29.1 Å². The Kier molecular flexibility index (Phi) is 5.97. The minimum absolute atomic E-state index is 0.0265. The summed E-state index contributed by atoms with van der Waals surface area (Å²) in [7, 11) is 0. The number of benzene rings is 2. The number of amides is 1. The van der Waals surface area contributed by atoms with E-state index in [4.69, 9.17) is 0 Å². The normalized spacial score (nSPS) is 11.0. The molecule has 0 unspecified atom stereocenters. The lowest BCUT2D eigenvalue weighted by Gasteiger charge is -2.09. The van der Waals surface area contributed by atoms with Crippen LogP contribution in [0.2, 0.25) is 0 Å². The fraction of sp³-hybridized carbons (Fsp3) is 0.381. The highest BCUT2D eigenvalue weighted by atomic mass is 16.1. The van der Waals surface area contributed by atoms with Crippen molar-refractivity contribution in [3.8, 4) is 11.1 Å². The molecule has 2 nitrogen and oxygen atoms in total. The first-order valence-corrected chi connectivity index (χ1v) is 8.41. The van der Waals surface area contributed by atoms with Gasteiger partial charge >= 0.3 is 0 Å². The third-order valence-corrected chi connectivity index (χ3v) is 3.88. The van der Waals surface area contributed by atoms with Gasteiger partial charge in [-0.05, 0) is 34.6 Å². The predicted molar refractivity (Wildman–Crippen MR) is 97.1 cm³/mol. The molecule has 122 valence electrons.